The van der Waals surface area contributed by atoms with E-state index in [0.29, 0.717) is 10.6 Å². The highest BCUT2D eigenvalue weighted by molar-refractivity contribution is 6.31. The Morgan fingerprint density at radius 2 is 1.89 bits per heavy atom. The average Bonchev–Trinajstić information content (AvgIpc) is 2.32. The molecule has 1 unspecified atom stereocenters. The molecule has 0 spiro atoms. The van der Waals surface area contributed by atoms with E-state index in [-0.39, 0.29) is 17.4 Å². The lowest BCUT2D eigenvalue weighted by Crippen LogP contribution is -2.51. The Bertz CT molecular complexity index is 403. The summed E-state index contributed by atoms with van der Waals surface area (Å²) in [6.07, 6.45) is 0. The molecule has 0 fully saturated rings. The molecule has 0 aliphatic rings. The maximum Gasteiger partial charge on any atom is 0.123 e. The fraction of sp³-hybridized carbons (Fsp3) is 0.571. The molecule has 18 heavy (non-hydrogen) atoms. The topological polar surface area (TPSA) is 29.3 Å². The summed E-state index contributed by atoms with van der Waals surface area (Å²) >= 11 is 6.12. The lowest BCUT2D eigenvalue weighted by Gasteiger charge is -2.42. The number of likely N-dealkylation sites (N-methyl/N-ethyl adjacent to an activating group) is 1. The number of halogens is 2. The largest absolute Gasteiger partial charge is 0.322 e. The highest BCUT2D eigenvalue weighted by Gasteiger charge is 2.33. The van der Waals surface area contributed by atoms with E-state index >= 15 is 0 Å². The number of benzene rings is 1. The third kappa shape index (κ3) is 3.02. The molecule has 1 aromatic rings. The second kappa shape index (κ2) is 6.00. The van der Waals surface area contributed by atoms with Crippen molar-refractivity contribution in [3.63, 3.8) is 0 Å². The third-order valence-electron chi connectivity index (χ3n) is 3.63. The molecule has 0 saturated heterocycles. The number of hydrogen-bond donors (Lipinski definition) is 1. The Hall–Kier alpha value is -0.640. The van der Waals surface area contributed by atoms with Crippen LogP contribution in [0.3, 0.4) is 0 Å². The molecular formula is C14H22ClFN2. The summed E-state index contributed by atoms with van der Waals surface area (Å²) in [5.74, 6) is -0.305. The van der Waals surface area contributed by atoms with E-state index in [1.54, 1.807) is 6.07 Å². The van der Waals surface area contributed by atoms with Crippen LogP contribution in [0, 0.1) is 5.82 Å². The third-order valence-corrected chi connectivity index (χ3v) is 3.98. The number of nitrogens with zero attached hydrogens (tertiary/aromatic N) is 1. The second-order valence-electron chi connectivity index (χ2n) is 4.97. The van der Waals surface area contributed by atoms with Crippen LogP contribution in [0.2, 0.25) is 5.02 Å². The summed E-state index contributed by atoms with van der Waals surface area (Å²) in [7, 11) is 0. The first kappa shape index (κ1) is 15.4. The number of hydrogen-bond acceptors (Lipinski definition) is 2. The zero-order valence-electron chi connectivity index (χ0n) is 11.5. The van der Waals surface area contributed by atoms with Crippen LogP contribution in [0.25, 0.3) is 0 Å². The first-order valence-corrected chi connectivity index (χ1v) is 6.67. The number of nitrogens with two attached hydrogens (primary N) is 1. The van der Waals surface area contributed by atoms with Crippen molar-refractivity contribution >= 4 is 11.6 Å². The molecule has 0 aliphatic heterocycles. The van der Waals surface area contributed by atoms with Gasteiger partial charge in [0.15, 0.2) is 0 Å². The van der Waals surface area contributed by atoms with E-state index in [9.17, 15) is 4.39 Å². The Morgan fingerprint density at radius 1 is 1.33 bits per heavy atom. The van der Waals surface area contributed by atoms with Crippen molar-refractivity contribution in [1.82, 2.24) is 4.90 Å². The fourth-order valence-corrected chi connectivity index (χ4v) is 2.60. The summed E-state index contributed by atoms with van der Waals surface area (Å²) in [5.41, 5.74) is 6.69. The SMILES string of the molecule is CCN(CC)C(C)(C)C(N)c1cc(F)ccc1Cl. The van der Waals surface area contributed by atoms with Crippen molar-refractivity contribution in [2.75, 3.05) is 13.1 Å². The van der Waals surface area contributed by atoms with Gasteiger partial charge < -0.3 is 5.73 Å². The quantitative estimate of drug-likeness (QED) is 0.887. The Morgan fingerprint density at radius 3 is 2.39 bits per heavy atom. The molecule has 102 valence electrons. The molecule has 0 amide bonds. The highest BCUT2D eigenvalue weighted by atomic mass is 35.5. The minimum atomic E-state index is -0.333. The van der Waals surface area contributed by atoms with Crippen molar-refractivity contribution in [2.45, 2.75) is 39.3 Å². The van der Waals surface area contributed by atoms with Crippen molar-refractivity contribution in [3.05, 3.63) is 34.6 Å². The van der Waals surface area contributed by atoms with Crippen LogP contribution in [0.4, 0.5) is 4.39 Å². The van der Waals surface area contributed by atoms with E-state index in [4.69, 9.17) is 17.3 Å². The predicted octanol–water partition coefficient (Wildman–Crippen LogP) is 3.60. The molecule has 0 aromatic heterocycles. The van der Waals surface area contributed by atoms with Crippen molar-refractivity contribution in [2.24, 2.45) is 5.73 Å². The van der Waals surface area contributed by atoms with Gasteiger partial charge in [0.25, 0.3) is 0 Å². The van der Waals surface area contributed by atoms with Crippen LogP contribution in [0.15, 0.2) is 18.2 Å². The van der Waals surface area contributed by atoms with Gasteiger partial charge in [0, 0.05) is 16.6 Å². The van der Waals surface area contributed by atoms with E-state index in [1.807, 2.05) is 0 Å². The van der Waals surface area contributed by atoms with Gasteiger partial charge in [-0.15, -0.1) is 0 Å². The van der Waals surface area contributed by atoms with E-state index in [2.05, 4.69) is 32.6 Å². The lowest BCUT2D eigenvalue weighted by atomic mass is 9.87. The maximum absolute atomic E-state index is 13.3. The van der Waals surface area contributed by atoms with Crippen LogP contribution in [-0.2, 0) is 0 Å². The van der Waals surface area contributed by atoms with Crippen LogP contribution >= 0.6 is 11.6 Å². The van der Waals surface area contributed by atoms with E-state index in [1.165, 1.54) is 12.1 Å². The fourth-order valence-electron chi connectivity index (χ4n) is 2.37. The molecule has 0 bridgehead atoms. The summed E-state index contributed by atoms with van der Waals surface area (Å²) in [4.78, 5) is 2.25. The monoisotopic (exact) mass is 272 g/mol. The van der Waals surface area contributed by atoms with Crippen molar-refractivity contribution < 1.29 is 4.39 Å². The van der Waals surface area contributed by atoms with Crippen LogP contribution < -0.4 is 5.73 Å². The van der Waals surface area contributed by atoms with Gasteiger partial charge >= 0.3 is 0 Å². The second-order valence-corrected chi connectivity index (χ2v) is 5.38. The van der Waals surface area contributed by atoms with E-state index < -0.39 is 0 Å². The van der Waals surface area contributed by atoms with Gasteiger partial charge in [0.2, 0.25) is 0 Å². The highest BCUT2D eigenvalue weighted by Crippen LogP contribution is 2.33. The van der Waals surface area contributed by atoms with Gasteiger partial charge in [-0.3, -0.25) is 4.90 Å². The predicted molar refractivity (Wildman–Crippen MR) is 75.3 cm³/mol. The lowest BCUT2D eigenvalue weighted by molar-refractivity contribution is 0.107. The summed E-state index contributed by atoms with van der Waals surface area (Å²) in [6.45, 7) is 10.1. The van der Waals surface area contributed by atoms with Crippen molar-refractivity contribution in [1.29, 1.82) is 0 Å². The van der Waals surface area contributed by atoms with Gasteiger partial charge in [0.05, 0.1) is 0 Å². The minimum absolute atomic E-state index is 0.277. The zero-order chi connectivity index (χ0) is 13.9. The first-order valence-electron chi connectivity index (χ1n) is 6.30. The minimum Gasteiger partial charge on any atom is -0.322 e. The molecule has 2 nitrogen and oxygen atoms in total. The van der Waals surface area contributed by atoms with Gasteiger partial charge in [0.1, 0.15) is 5.82 Å². The first-order chi connectivity index (χ1) is 8.34. The van der Waals surface area contributed by atoms with Gasteiger partial charge in [-0.1, -0.05) is 25.4 Å². The molecule has 4 heteroatoms. The molecule has 0 radical (unpaired) electrons. The standard InChI is InChI=1S/C14H22ClFN2/c1-5-18(6-2)14(3,4)13(17)11-9-10(16)7-8-12(11)15/h7-9,13H,5-6,17H2,1-4H3. The average molecular weight is 273 g/mol. The van der Waals surface area contributed by atoms with E-state index in [0.717, 1.165) is 13.1 Å². The molecule has 0 heterocycles. The molecule has 1 atom stereocenters. The zero-order valence-corrected chi connectivity index (χ0v) is 12.3. The molecule has 1 rings (SSSR count). The van der Waals surface area contributed by atoms with Crippen molar-refractivity contribution in [3.8, 4) is 0 Å². The van der Waals surface area contributed by atoms with Crippen LogP contribution in [0.1, 0.15) is 39.3 Å². The maximum atomic E-state index is 13.3. The molecule has 0 aliphatic carbocycles. The molecular weight excluding hydrogens is 251 g/mol. The Kier molecular flexibility index (Phi) is 5.14. The summed E-state index contributed by atoms with van der Waals surface area (Å²) in [5, 5.41) is 0.518. The summed E-state index contributed by atoms with van der Waals surface area (Å²) in [6, 6.07) is 4.01. The smallest absolute Gasteiger partial charge is 0.123 e. The molecule has 0 saturated carbocycles. The Labute approximate surface area is 114 Å². The van der Waals surface area contributed by atoms with Crippen LogP contribution in [-0.4, -0.2) is 23.5 Å². The molecule has 1 aromatic carbocycles. The normalized spacial score (nSPS) is 14.0. The van der Waals surface area contributed by atoms with Gasteiger partial charge in [-0.25, -0.2) is 4.39 Å². The van der Waals surface area contributed by atoms with Gasteiger partial charge in [-0.05, 0) is 50.7 Å². The number of rotatable bonds is 5. The Balaban J connectivity index is 3.12. The molecule has 2 N–H and O–H groups in total. The van der Waals surface area contributed by atoms with Crippen LogP contribution in [0.5, 0.6) is 0 Å². The summed E-state index contributed by atoms with van der Waals surface area (Å²) < 4.78 is 13.3. The van der Waals surface area contributed by atoms with Gasteiger partial charge in [-0.2, -0.15) is 0 Å².